The Kier molecular flexibility index (Phi) is 3.25. The summed E-state index contributed by atoms with van der Waals surface area (Å²) in [6, 6.07) is 1.85. The standard InChI is InChI=1S/C11H12BrClOS/c1-11(4-2-3-5-11)9(14)8-6-7(12)10(13)15-8/h6H,2-5H2,1H3. The van der Waals surface area contributed by atoms with Gasteiger partial charge in [-0.2, -0.15) is 0 Å². The third-order valence-electron chi connectivity index (χ3n) is 3.12. The molecule has 0 aromatic carbocycles. The maximum Gasteiger partial charge on any atom is 0.178 e. The van der Waals surface area contributed by atoms with Gasteiger partial charge in [0.2, 0.25) is 0 Å². The molecule has 0 bridgehead atoms. The van der Waals surface area contributed by atoms with Crippen molar-refractivity contribution < 1.29 is 4.79 Å². The molecule has 0 spiro atoms. The summed E-state index contributed by atoms with van der Waals surface area (Å²) >= 11 is 10.7. The molecule has 1 aromatic rings. The number of hydrogen-bond acceptors (Lipinski definition) is 2. The van der Waals surface area contributed by atoms with Crippen LogP contribution in [0.1, 0.15) is 42.3 Å². The van der Waals surface area contributed by atoms with Gasteiger partial charge < -0.3 is 0 Å². The maximum atomic E-state index is 12.3. The molecule has 1 nitrogen and oxygen atoms in total. The van der Waals surface area contributed by atoms with Gasteiger partial charge in [-0.15, -0.1) is 11.3 Å². The van der Waals surface area contributed by atoms with Crippen LogP contribution in [0.4, 0.5) is 0 Å². The average molecular weight is 308 g/mol. The normalized spacial score (nSPS) is 19.4. The second kappa shape index (κ2) is 4.19. The van der Waals surface area contributed by atoms with Gasteiger partial charge in [-0.1, -0.05) is 31.4 Å². The zero-order valence-electron chi connectivity index (χ0n) is 8.48. The van der Waals surface area contributed by atoms with Crippen LogP contribution in [0.3, 0.4) is 0 Å². The highest BCUT2D eigenvalue weighted by Gasteiger charge is 2.37. The van der Waals surface area contributed by atoms with Crippen LogP contribution in [0.2, 0.25) is 4.34 Å². The zero-order chi connectivity index (χ0) is 11.1. The third-order valence-corrected chi connectivity index (χ3v) is 5.60. The molecule has 1 heterocycles. The fourth-order valence-corrected chi connectivity index (χ4v) is 3.93. The van der Waals surface area contributed by atoms with Gasteiger partial charge in [0, 0.05) is 9.89 Å². The number of carbonyl (C=O) groups is 1. The predicted octanol–water partition coefficient (Wildman–Crippen LogP) is 4.93. The average Bonchev–Trinajstić information content (AvgIpc) is 2.75. The molecular weight excluding hydrogens is 296 g/mol. The summed E-state index contributed by atoms with van der Waals surface area (Å²) in [5.74, 6) is 0.262. The van der Waals surface area contributed by atoms with E-state index in [1.165, 1.54) is 24.2 Å². The van der Waals surface area contributed by atoms with Crippen molar-refractivity contribution in [1.82, 2.24) is 0 Å². The molecule has 0 amide bonds. The topological polar surface area (TPSA) is 17.1 Å². The molecule has 1 aliphatic carbocycles. The van der Waals surface area contributed by atoms with Gasteiger partial charge in [0.15, 0.2) is 5.78 Å². The molecule has 0 unspecified atom stereocenters. The lowest BCUT2D eigenvalue weighted by atomic mass is 9.83. The number of ketones is 1. The molecule has 2 rings (SSSR count). The first-order chi connectivity index (χ1) is 7.03. The first-order valence-corrected chi connectivity index (χ1v) is 7.01. The van der Waals surface area contributed by atoms with E-state index < -0.39 is 0 Å². The molecule has 0 radical (unpaired) electrons. The first kappa shape index (κ1) is 11.6. The fraction of sp³-hybridized carbons (Fsp3) is 0.545. The molecule has 15 heavy (non-hydrogen) atoms. The second-order valence-electron chi connectivity index (χ2n) is 4.33. The van der Waals surface area contributed by atoms with Crippen LogP contribution in [0.5, 0.6) is 0 Å². The van der Waals surface area contributed by atoms with E-state index in [2.05, 4.69) is 22.9 Å². The lowest BCUT2D eigenvalue weighted by Gasteiger charge is -2.20. The van der Waals surface area contributed by atoms with Gasteiger partial charge in [-0.25, -0.2) is 0 Å². The van der Waals surface area contributed by atoms with E-state index >= 15 is 0 Å². The Morgan fingerprint density at radius 1 is 1.53 bits per heavy atom. The zero-order valence-corrected chi connectivity index (χ0v) is 11.6. The van der Waals surface area contributed by atoms with Gasteiger partial charge in [-0.05, 0) is 34.8 Å². The van der Waals surface area contributed by atoms with E-state index in [9.17, 15) is 4.79 Å². The summed E-state index contributed by atoms with van der Waals surface area (Å²) in [6.07, 6.45) is 4.36. The Balaban J connectivity index is 2.27. The van der Waals surface area contributed by atoms with Crippen molar-refractivity contribution in [3.8, 4) is 0 Å². The van der Waals surface area contributed by atoms with Crippen LogP contribution >= 0.6 is 38.9 Å². The number of thiophene rings is 1. The molecule has 0 aliphatic heterocycles. The molecule has 4 heteroatoms. The Hall–Kier alpha value is 0.140. The van der Waals surface area contributed by atoms with Gasteiger partial charge in [0.1, 0.15) is 4.34 Å². The lowest BCUT2D eigenvalue weighted by molar-refractivity contribution is 0.0828. The van der Waals surface area contributed by atoms with Gasteiger partial charge in [-0.3, -0.25) is 4.79 Å². The van der Waals surface area contributed by atoms with Gasteiger partial charge >= 0.3 is 0 Å². The van der Waals surface area contributed by atoms with Crippen molar-refractivity contribution in [2.75, 3.05) is 0 Å². The molecule has 82 valence electrons. The molecule has 1 fully saturated rings. The van der Waals surface area contributed by atoms with E-state index in [0.717, 1.165) is 22.2 Å². The molecule has 1 saturated carbocycles. The summed E-state index contributed by atoms with van der Waals surface area (Å²) in [4.78, 5) is 13.1. The van der Waals surface area contributed by atoms with Crippen molar-refractivity contribution in [2.45, 2.75) is 32.6 Å². The third kappa shape index (κ3) is 2.15. The van der Waals surface area contributed by atoms with Crippen molar-refractivity contribution in [1.29, 1.82) is 0 Å². The smallest absolute Gasteiger partial charge is 0.178 e. The van der Waals surface area contributed by atoms with Crippen LogP contribution in [-0.2, 0) is 0 Å². The van der Waals surface area contributed by atoms with Crippen LogP contribution in [0.25, 0.3) is 0 Å². The Bertz CT molecular complexity index is 374. The number of carbonyl (C=O) groups excluding carboxylic acids is 1. The van der Waals surface area contributed by atoms with Crippen LogP contribution in [-0.4, -0.2) is 5.78 Å². The molecule has 0 saturated heterocycles. The van der Waals surface area contributed by atoms with E-state index in [-0.39, 0.29) is 11.2 Å². The molecule has 1 aromatic heterocycles. The minimum atomic E-state index is -0.145. The summed E-state index contributed by atoms with van der Waals surface area (Å²) in [5.41, 5.74) is -0.145. The Morgan fingerprint density at radius 3 is 2.60 bits per heavy atom. The number of Topliss-reactive ketones (excluding diaryl/α,β-unsaturated/α-hetero) is 1. The largest absolute Gasteiger partial charge is 0.293 e. The summed E-state index contributed by atoms with van der Waals surface area (Å²) in [5, 5.41) is 0. The van der Waals surface area contributed by atoms with Crippen molar-refractivity contribution in [2.24, 2.45) is 5.41 Å². The predicted molar refractivity (Wildman–Crippen MR) is 67.9 cm³/mol. The number of halogens is 2. The van der Waals surface area contributed by atoms with Crippen molar-refractivity contribution >= 4 is 44.7 Å². The number of rotatable bonds is 2. The SMILES string of the molecule is CC1(C(=O)c2cc(Br)c(Cl)s2)CCCC1. The molecule has 0 atom stereocenters. The fourth-order valence-electron chi connectivity index (χ4n) is 2.14. The highest BCUT2D eigenvalue weighted by molar-refractivity contribution is 9.10. The summed E-state index contributed by atoms with van der Waals surface area (Å²) in [7, 11) is 0. The van der Waals surface area contributed by atoms with E-state index in [1.54, 1.807) is 0 Å². The van der Waals surface area contributed by atoms with Crippen LogP contribution < -0.4 is 0 Å². The summed E-state index contributed by atoms with van der Waals surface area (Å²) < 4.78 is 1.50. The monoisotopic (exact) mass is 306 g/mol. The van der Waals surface area contributed by atoms with E-state index in [1.807, 2.05) is 6.07 Å². The molecule has 0 N–H and O–H groups in total. The highest BCUT2D eigenvalue weighted by Crippen LogP contribution is 2.43. The summed E-state index contributed by atoms with van der Waals surface area (Å²) in [6.45, 7) is 2.07. The van der Waals surface area contributed by atoms with Crippen LogP contribution in [0, 0.1) is 5.41 Å². The number of hydrogen-bond donors (Lipinski definition) is 0. The maximum absolute atomic E-state index is 12.3. The minimum absolute atomic E-state index is 0.145. The Labute approximate surface area is 107 Å². The second-order valence-corrected chi connectivity index (χ2v) is 6.84. The van der Waals surface area contributed by atoms with E-state index in [4.69, 9.17) is 11.6 Å². The van der Waals surface area contributed by atoms with Gasteiger partial charge in [0.25, 0.3) is 0 Å². The molecular formula is C11H12BrClOS. The van der Waals surface area contributed by atoms with Crippen LogP contribution in [0.15, 0.2) is 10.5 Å². The minimum Gasteiger partial charge on any atom is -0.293 e. The molecule has 1 aliphatic rings. The first-order valence-electron chi connectivity index (χ1n) is 5.02. The van der Waals surface area contributed by atoms with E-state index in [0.29, 0.717) is 4.34 Å². The van der Waals surface area contributed by atoms with Gasteiger partial charge in [0.05, 0.1) is 4.88 Å². The van der Waals surface area contributed by atoms with Crippen molar-refractivity contribution in [3.05, 3.63) is 19.8 Å². The highest BCUT2D eigenvalue weighted by atomic mass is 79.9. The quantitative estimate of drug-likeness (QED) is 0.708. The Morgan fingerprint density at radius 2 is 2.13 bits per heavy atom. The van der Waals surface area contributed by atoms with Crippen molar-refractivity contribution in [3.63, 3.8) is 0 Å². The lowest BCUT2D eigenvalue weighted by Crippen LogP contribution is -2.23.